The summed E-state index contributed by atoms with van der Waals surface area (Å²) >= 11 is 3.06. The number of hydrogen-bond donors (Lipinski definition) is 0. The molecule has 7 nitrogen and oxygen atoms in total. The molecule has 6 rings (SSSR count). The van der Waals surface area contributed by atoms with Crippen molar-refractivity contribution in [3.05, 3.63) is 54.1 Å². The van der Waals surface area contributed by atoms with Crippen LogP contribution in [0.1, 0.15) is 84.1 Å². The van der Waals surface area contributed by atoms with Gasteiger partial charge in [-0.05, 0) is 107 Å². The Morgan fingerprint density at radius 2 is 1.17 bits per heavy atom. The van der Waals surface area contributed by atoms with Gasteiger partial charge in [0.25, 0.3) is 0 Å². The van der Waals surface area contributed by atoms with Crippen molar-refractivity contribution in [1.29, 1.82) is 0 Å². The molecule has 2 aliphatic carbocycles. The number of esters is 2. The standard InChI is InChI=1S/C38H41NO6S2/c1-4-5-24-6-8-27(9-7-24)32-20-21-33(46-32)36-39-34-30(44-37(42)28-14-10-25(11-15-28)22(2)40)18-19-31(35(34)47-36)45-38(43)29-16-12-26(13-17-29)23(3)41/h6-9,18-21,25-26,28-29H,4-5,10-17H2,1-3H3. The highest BCUT2D eigenvalue weighted by Crippen LogP contribution is 2.44. The molecule has 2 fully saturated rings. The Morgan fingerprint density at radius 3 is 1.72 bits per heavy atom. The van der Waals surface area contributed by atoms with E-state index in [-0.39, 0.29) is 47.2 Å². The van der Waals surface area contributed by atoms with Gasteiger partial charge in [-0.2, -0.15) is 0 Å². The quantitative estimate of drug-likeness (QED) is 0.122. The summed E-state index contributed by atoms with van der Waals surface area (Å²) in [6.07, 6.45) is 7.42. The lowest BCUT2D eigenvalue weighted by Crippen LogP contribution is -2.28. The number of hydrogen-bond acceptors (Lipinski definition) is 9. The molecular weight excluding hydrogens is 631 g/mol. The van der Waals surface area contributed by atoms with Crippen LogP contribution in [0.5, 0.6) is 11.5 Å². The molecule has 2 aliphatic rings. The van der Waals surface area contributed by atoms with Gasteiger partial charge in [-0.1, -0.05) is 37.6 Å². The Balaban J connectivity index is 1.27. The van der Waals surface area contributed by atoms with Crippen molar-refractivity contribution in [2.24, 2.45) is 23.7 Å². The molecule has 0 saturated heterocycles. The molecule has 0 spiro atoms. The van der Waals surface area contributed by atoms with E-state index in [2.05, 4.69) is 43.3 Å². The third-order valence-electron chi connectivity index (χ3n) is 9.76. The van der Waals surface area contributed by atoms with Crippen LogP contribution in [0.25, 0.3) is 30.5 Å². The highest BCUT2D eigenvalue weighted by molar-refractivity contribution is 7.26. The van der Waals surface area contributed by atoms with E-state index in [1.165, 1.54) is 16.9 Å². The molecule has 2 aromatic heterocycles. The number of fused-ring (bicyclic) bond motifs is 1. The van der Waals surface area contributed by atoms with Crippen molar-refractivity contribution >= 4 is 56.4 Å². The molecule has 0 radical (unpaired) electrons. The van der Waals surface area contributed by atoms with Crippen LogP contribution in [0.15, 0.2) is 48.5 Å². The zero-order valence-electron chi connectivity index (χ0n) is 27.2. The molecule has 47 heavy (non-hydrogen) atoms. The van der Waals surface area contributed by atoms with Crippen LogP contribution in [0.2, 0.25) is 0 Å². The molecule has 2 saturated carbocycles. The zero-order valence-corrected chi connectivity index (χ0v) is 28.8. The first-order chi connectivity index (χ1) is 22.7. The average Bonchev–Trinajstić information content (AvgIpc) is 3.75. The summed E-state index contributed by atoms with van der Waals surface area (Å²) in [5, 5.41) is 0.753. The van der Waals surface area contributed by atoms with Crippen molar-refractivity contribution < 1.29 is 28.7 Å². The van der Waals surface area contributed by atoms with Crippen LogP contribution in [0, 0.1) is 23.7 Å². The summed E-state index contributed by atoms with van der Waals surface area (Å²) in [5.74, 6) is -0.0359. The third kappa shape index (κ3) is 7.57. The van der Waals surface area contributed by atoms with Crippen molar-refractivity contribution in [2.45, 2.75) is 85.0 Å². The molecule has 4 aromatic rings. The average molecular weight is 672 g/mol. The summed E-state index contributed by atoms with van der Waals surface area (Å²) in [4.78, 5) is 57.3. The van der Waals surface area contributed by atoms with Gasteiger partial charge in [0, 0.05) is 16.7 Å². The molecule has 0 amide bonds. The number of thiophene rings is 1. The Labute approximate surface area is 283 Å². The topological polar surface area (TPSA) is 99.6 Å². The maximum atomic E-state index is 13.3. The van der Waals surface area contributed by atoms with Gasteiger partial charge in [-0.25, -0.2) is 4.98 Å². The van der Waals surface area contributed by atoms with E-state index < -0.39 is 0 Å². The summed E-state index contributed by atoms with van der Waals surface area (Å²) < 4.78 is 12.6. The Bertz CT molecular complexity index is 1690. The van der Waals surface area contributed by atoms with Gasteiger partial charge in [0.1, 0.15) is 26.8 Å². The third-order valence-corrected chi connectivity index (χ3v) is 12.1. The molecule has 0 N–H and O–H groups in total. The number of ether oxygens (including phenoxy) is 2. The largest absolute Gasteiger partial charge is 0.425 e. The lowest BCUT2D eigenvalue weighted by Gasteiger charge is -2.25. The molecule has 0 bridgehead atoms. The minimum absolute atomic E-state index is 0.0169. The maximum absolute atomic E-state index is 13.3. The number of aromatic nitrogens is 1. The predicted octanol–water partition coefficient (Wildman–Crippen LogP) is 9.25. The van der Waals surface area contributed by atoms with Crippen molar-refractivity contribution in [3.8, 4) is 31.8 Å². The fraction of sp³-hybridized carbons (Fsp3) is 0.447. The predicted molar refractivity (Wildman–Crippen MR) is 186 cm³/mol. The Hall–Kier alpha value is -3.69. The second kappa shape index (κ2) is 14.6. The smallest absolute Gasteiger partial charge is 0.314 e. The summed E-state index contributed by atoms with van der Waals surface area (Å²) in [6.45, 7) is 5.41. The van der Waals surface area contributed by atoms with Gasteiger partial charge in [-0.15, -0.1) is 22.7 Å². The fourth-order valence-electron chi connectivity index (χ4n) is 6.82. The summed E-state index contributed by atoms with van der Waals surface area (Å²) in [6, 6.07) is 16.2. The summed E-state index contributed by atoms with van der Waals surface area (Å²) in [5.41, 5.74) is 2.95. The van der Waals surface area contributed by atoms with Crippen LogP contribution in [-0.4, -0.2) is 28.5 Å². The van der Waals surface area contributed by atoms with E-state index in [4.69, 9.17) is 14.5 Å². The molecule has 2 aromatic carbocycles. The number of Topliss-reactive ketones (excluding diaryl/α,β-unsaturated/α-hetero) is 2. The normalized spacial score (nSPS) is 21.3. The van der Waals surface area contributed by atoms with Crippen LogP contribution < -0.4 is 9.47 Å². The Morgan fingerprint density at radius 1 is 0.660 bits per heavy atom. The van der Waals surface area contributed by atoms with Gasteiger partial charge in [0.2, 0.25) is 0 Å². The van der Waals surface area contributed by atoms with E-state index in [1.807, 2.05) is 0 Å². The maximum Gasteiger partial charge on any atom is 0.314 e. The molecule has 9 heteroatoms. The van der Waals surface area contributed by atoms with Crippen LogP contribution >= 0.6 is 22.7 Å². The van der Waals surface area contributed by atoms with Crippen LogP contribution in [0.3, 0.4) is 0 Å². The van der Waals surface area contributed by atoms with Crippen molar-refractivity contribution in [3.63, 3.8) is 0 Å². The minimum Gasteiger partial charge on any atom is -0.425 e. The molecule has 0 atom stereocenters. The zero-order chi connectivity index (χ0) is 33.1. The first-order valence-corrected chi connectivity index (χ1v) is 18.4. The number of carbonyl (C=O) groups is 4. The van der Waals surface area contributed by atoms with Gasteiger partial charge >= 0.3 is 11.9 Å². The lowest BCUT2D eigenvalue weighted by atomic mass is 9.80. The molecular formula is C38H41NO6S2. The number of nitrogens with zero attached hydrogens (tertiary/aromatic N) is 1. The molecule has 2 heterocycles. The van der Waals surface area contributed by atoms with Gasteiger partial charge in [-0.3, -0.25) is 19.2 Å². The highest BCUT2D eigenvalue weighted by Gasteiger charge is 2.32. The second-order valence-corrected chi connectivity index (χ2v) is 15.1. The van der Waals surface area contributed by atoms with E-state index in [0.717, 1.165) is 33.2 Å². The van der Waals surface area contributed by atoms with Crippen LogP contribution in [-0.2, 0) is 25.6 Å². The van der Waals surface area contributed by atoms with Gasteiger partial charge in [0.15, 0.2) is 11.5 Å². The first kappa shape index (κ1) is 33.2. The number of rotatable bonds is 10. The van der Waals surface area contributed by atoms with Crippen molar-refractivity contribution in [1.82, 2.24) is 4.98 Å². The number of ketones is 2. The monoisotopic (exact) mass is 671 g/mol. The number of benzene rings is 2. The second-order valence-electron chi connectivity index (χ2n) is 13.0. The van der Waals surface area contributed by atoms with Gasteiger partial charge < -0.3 is 9.47 Å². The fourth-order valence-corrected chi connectivity index (χ4v) is 8.91. The molecule has 0 unspecified atom stereocenters. The van der Waals surface area contributed by atoms with E-state index in [1.54, 1.807) is 37.3 Å². The van der Waals surface area contributed by atoms with Crippen molar-refractivity contribution in [2.75, 3.05) is 0 Å². The molecule has 246 valence electrons. The number of thiazole rings is 1. The first-order valence-electron chi connectivity index (χ1n) is 16.8. The number of aryl methyl sites for hydroxylation is 1. The van der Waals surface area contributed by atoms with E-state index >= 15 is 0 Å². The Kier molecular flexibility index (Phi) is 10.3. The number of carbonyl (C=O) groups excluding carboxylic acids is 4. The molecule has 0 aliphatic heterocycles. The van der Waals surface area contributed by atoms with Crippen LogP contribution in [0.4, 0.5) is 0 Å². The lowest BCUT2D eigenvalue weighted by molar-refractivity contribution is -0.141. The van der Waals surface area contributed by atoms with E-state index in [9.17, 15) is 19.2 Å². The highest BCUT2D eigenvalue weighted by atomic mass is 32.1. The summed E-state index contributed by atoms with van der Waals surface area (Å²) in [7, 11) is 0. The van der Waals surface area contributed by atoms with E-state index in [0.29, 0.717) is 73.1 Å². The minimum atomic E-state index is -0.320. The SMILES string of the molecule is CCCc1ccc(-c2ccc(-c3nc4c(OC(=O)C5CCC(C(C)=O)CC5)ccc(OC(=O)C5CCC(C(C)=O)CC5)c4s3)s2)cc1. The van der Waals surface area contributed by atoms with Gasteiger partial charge in [0.05, 0.1) is 16.7 Å².